The van der Waals surface area contributed by atoms with Crippen LogP contribution in [0.25, 0.3) is 10.1 Å². The Bertz CT molecular complexity index is 447. The molecule has 0 amide bonds. The Balaban J connectivity index is 2.83. The molecular formula is C10H8BrClS. The summed E-state index contributed by atoms with van der Waals surface area (Å²) in [4.78, 5) is 0. The lowest BCUT2D eigenvalue weighted by Crippen LogP contribution is -1.85. The molecule has 0 saturated carbocycles. The average molecular weight is 276 g/mol. The number of hydrogen-bond donors (Lipinski definition) is 0. The van der Waals surface area contributed by atoms with Crippen molar-refractivity contribution in [1.82, 2.24) is 0 Å². The summed E-state index contributed by atoms with van der Waals surface area (Å²) in [5.41, 5.74) is 2.46. The first kappa shape index (κ1) is 9.50. The molecule has 0 unspecified atom stereocenters. The van der Waals surface area contributed by atoms with Crippen LogP contribution in [0.3, 0.4) is 0 Å². The first-order chi connectivity index (χ1) is 6.24. The van der Waals surface area contributed by atoms with Gasteiger partial charge in [-0.05, 0) is 35.6 Å². The highest BCUT2D eigenvalue weighted by molar-refractivity contribution is 9.08. The summed E-state index contributed by atoms with van der Waals surface area (Å²) in [5, 5.41) is 5.02. The lowest BCUT2D eigenvalue weighted by Gasteiger charge is -2.05. The molecule has 13 heavy (non-hydrogen) atoms. The summed E-state index contributed by atoms with van der Waals surface area (Å²) in [6.07, 6.45) is 0. The summed E-state index contributed by atoms with van der Waals surface area (Å²) >= 11 is 11.4. The highest BCUT2D eigenvalue weighted by Crippen LogP contribution is 2.33. The molecule has 0 aliphatic heterocycles. The van der Waals surface area contributed by atoms with Crippen LogP contribution in [0.4, 0.5) is 0 Å². The molecule has 3 heteroatoms. The van der Waals surface area contributed by atoms with E-state index < -0.39 is 0 Å². The minimum atomic E-state index is 0.867. The van der Waals surface area contributed by atoms with Crippen LogP contribution in [0.1, 0.15) is 11.1 Å². The van der Waals surface area contributed by atoms with E-state index in [1.165, 1.54) is 21.2 Å². The second-order valence-electron chi connectivity index (χ2n) is 2.94. The molecule has 68 valence electrons. The maximum Gasteiger partial charge on any atom is 0.0525 e. The number of benzene rings is 1. The van der Waals surface area contributed by atoms with Crippen LogP contribution in [0.2, 0.25) is 5.02 Å². The molecule has 0 aliphatic rings. The van der Waals surface area contributed by atoms with Crippen LogP contribution in [0.15, 0.2) is 17.5 Å². The monoisotopic (exact) mass is 274 g/mol. The van der Waals surface area contributed by atoms with E-state index in [2.05, 4.69) is 40.4 Å². The molecule has 1 heterocycles. The molecule has 1 aromatic carbocycles. The molecule has 0 saturated heterocycles. The van der Waals surface area contributed by atoms with Gasteiger partial charge in [0.1, 0.15) is 0 Å². The summed E-state index contributed by atoms with van der Waals surface area (Å²) in [6.45, 7) is 2.07. The fourth-order valence-electron chi connectivity index (χ4n) is 1.36. The zero-order valence-corrected chi connectivity index (χ0v) is 10.3. The summed E-state index contributed by atoms with van der Waals surface area (Å²) in [6, 6.07) is 4.28. The Labute approximate surface area is 94.7 Å². The smallest absolute Gasteiger partial charge is 0.0525 e. The third kappa shape index (κ3) is 1.51. The van der Waals surface area contributed by atoms with E-state index >= 15 is 0 Å². The van der Waals surface area contributed by atoms with E-state index in [9.17, 15) is 0 Å². The predicted molar refractivity (Wildman–Crippen MR) is 64.2 cm³/mol. The van der Waals surface area contributed by atoms with Crippen LogP contribution in [0.5, 0.6) is 0 Å². The summed E-state index contributed by atoms with van der Waals surface area (Å²) < 4.78 is 1.27. The van der Waals surface area contributed by atoms with Gasteiger partial charge < -0.3 is 0 Å². The van der Waals surface area contributed by atoms with E-state index in [1.807, 2.05) is 0 Å². The number of rotatable bonds is 1. The zero-order chi connectivity index (χ0) is 9.42. The molecule has 0 spiro atoms. The van der Waals surface area contributed by atoms with Crippen molar-refractivity contribution in [2.75, 3.05) is 0 Å². The molecule has 2 aromatic rings. The van der Waals surface area contributed by atoms with Gasteiger partial charge in [0.05, 0.1) is 5.02 Å². The van der Waals surface area contributed by atoms with Crippen molar-refractivity contribution in [3.8, 4) is 0 Å². The van der Waals surface area contributed by atoms with E-state index in [-0.39, 0.29) is 0 Å². The first-order valence-electron chi connectivity index (χ1n) is 3.95. The maximum absolute atomic E-state index is 6.24. The van der Waals surface area contributed by atoms with Gasteiger partial charge in [0.25, 0.3) is 0 Å². The lowest BCUT2D eigenvalue weighted by atomic mass is 10.1. The predicted octanol–water partition coefficient (Wildman–Crippen LogP) is 4.76. The van der Waals surface area contributed by atoms with Gasteiger partial charge in [-0.25, -0.2) is 0 Å². The van der Waals surface area contributed by atoms with Crippen LogP contribution >= 0.6 is 38.9 Å². The Morgan fingerprint density at radius 1 is 1.54 bits per heavy atom. The van der Waals surface area contributed by atoms with Gasteiger partial charge in [0.15, 0.2) is 0 Å². The standard InChI is InChI=1S/C10H8BrClS/c1-6-7(5-11)4-9-8(10(6)12)2-3-13-9/h2-4H,5H2,1H3. The summed E-state index contributed by atoms with van der Waals surface area (Å²) in [5.74, 6) is 0. The van der Waals surface area contributed by atoms with Crippen molar-refractivity contribution >= 4 is 49.0 Å². The maximum atomic E-state index is 6.24. The van der Waals surface area contributed by atoms with Crippen LogP contribution in [0, 0.1) is 6.92 Å². The minimum absolute atomic E-state index is 0.867. The molecule has 0 aliphatic carbocycles. The van der Waals surface area contributed by atoms with Crippen LogP contribution in [-0.4, -0.2) is 0 Å². The number of alkyl halides is 1. The Morgan fingerprint density at radius 2 is 2.31 bits per heavy atom. The van der Waals surface area contributed by atoms with Crippen molar-refractivity contribution in [1.29, 1.82) is 0 Å². The van der Waals surface area contributed by atoms with E-state index in [4.69, 9.17) is 11.6 Å². The normalized spacial score (nSPS) is 11.0. The van der Waals surface area contributed by atoms with Gasteiger partial charge in [-0.1, -0.05) is 27.5 Å². The van der Waals surface area contributed by atoms with Gasteiger partial charge in [0.2, 0.25) is 0 Å². The van der Waals surface area contributed by atoms with Gasteiger partial charge >= 0.3 is 0 Å². The van der Waals surface area contributed by atoms with Crippen molar-refractivity contribution in [3.05, 3.63) is 33.7 Å². The van der Waals surface area contributed by atoms with Gasteiger partial charge in [0, 0.05) is 15.4 Å². The fourth-order valence-corrected chi connectivity index (χ4v) is 3.15. The van der Waals surface area contributed by atoms with Crippen LogP contribution in [-0.2, 0) is 5.33 Å². The molecule has 0 nitrogen and oxygen atoms in total. The quantitative estimate of drug-likeness (QED) is 0.658. The average Bonchev–Trinajstić information content (AvgIpc) is 2.59. The molecule has 1 aromatic heterocycles. The molecule has 0 atom stereocenters. The fraction of sp³-hybridized carbons (Fsp3) is 0.200. The van der Waals surface area contributed by atoms with E-state index in [0.29, 0.717) is 0 Å². The molecule has 2 rings (SSSR count). The van der Waals surface area contributed by atoms with Crippen LogP contribution < -0.4 is 0 Å². The number of halogens is 2. The zero-order valence-electron chi connectivity index (χ0n) is 7.10. The van der Waals surface area contributed by atoms with E-state index in [0.717, 1.165) is 10.4 Å². The number of fused-ring (bicyclic) bond motifs is 1. The molecule has 0 bridgehead atoms. The SMILES string of the molecule is Cc1c(CBr)cc2sccc2c1Cl. The van der Waals surface area contributed by atoms with Gasteiger partial charge in [-0.15, -0.1) is 11.3 Å². The first-order valence-corrected chi connectivity index (χ1v) is 6.33. The molecule has 0 N–H and O–H groups in total. The molecule has 0 fully saturated rings. The van der Waals surface area contributed by atoms with Crippen molar-refractivity contribution in [2.45, 2.75) is 12.3 Å². The Hall–Kier alpha value is -0.0500. The topological polar surface area (TPSA) is 0 Å². The van der Waals surface area contributed by atoms with Crippen molar-refractivity contribution < 1.29 is 0 Å². The highest BCUT2D eigenvalue weighted by atomic mass is 79.9. The van der Waals surface area contributed by atoms with Gasteiger partial charge in [-0.2, -0.15) is 0 Å². The Morgan fingerprint density at radius 3 is 3.00 bits per heavy atom. The third-order valence-corrected chi connectivity index (χ3v) is 4.15. The minimum Gasteiger partial charge on any atom is -0.144 e. The number of thiophene rings is 1. The highest BCUT2D eigenvalue weighted by Gasteiger charge is 2.07. The summed E-state index contributed by atoms with van der Waals surface area (Å²) in [7, 11) is 0. The molecule has 0 radical (unpaired) electrons. The number of hydrogen-bond acceptors (Lipinski definition) is 1. The van der Waals surface area contributed by atoms with Gasteiger partial charge in [-0.3, -0.25) is 0 Å². The third-order valence-electron chi connectivity index (χ3n) is 2.19. The Kier molecular flexibility index (Phi) is 2.63. The second kappa shape index (κ2) is 3.60. The second-order valence-corrected chi connectivity index (χ2v) is 4.83. The molecular weight excluding hydrogens is 268 g/mol. The van der Waals surface area contributed by atoms with Crippen molar-refractivity contribution in [3.63, 3.8) is 0 Å². The van der Waals surface area contributed by atoms with E-state index in [1.54, 1.807) is 11.3 Å². The van der Waals surface area contributed by atoms with Crippen molar-refractivity contribution in [2.24, 2.45) is 0 Å². The lowest BCUT2D eigenvalue weighted by molar-refractivity contribution is 1.35. The largest absolute Gasteiger partial charge is 0.144 e.